The molecule has 17 heavy (non-hydrogen) atoms. The molecule has 0 bridgehead atoms. The molecule has 0 aliphatic carbocycles. The average molecular weight is 272 g/mol. The third kappa shape index (κ3) is 3.64. The second kappa shape index (κ2) is 5.42. The Morgan fingerprint density at radius 2 is 2.12 bits per heavy atom. The molecule has 1 N–H and O–H groups in total. The van der Waals surface area contributed by atoms with Crippen molar-refractivity contribution in [2.24, 2.45) is 0 Å². The summed E-state index contributed by atoms with van der Waals surface area (Å²) >= 11 is 5.50. The van der Waals surface area contributed by atoms with Gasteiger partial charge in [0.25, 0.3) is 0 Å². The molecule has 4 nitrogen and oxygen atoms in total. The van der Waals surface area contributed by atoms with Crippen LogP contribution in [0.1, 0.15) is 11.3 Å². The van der Waals surface area contributed by atoms with Gasteiger partial charge >= 0.3 is 6.36 Å². The van der Waals surface area contributed by atoms with Crippen molar-refractivity contribution in [3.8, 4) is 11.6 Å². The van der Waals surface area contributed by atoms with E-state index in [0.29, 0.717) is 0 Å². The van der Waals surface area contributed by atoms with Crippen molar-refractivity contribution >= 4 is 11.6 Å². The number of halogens is 4. The minimum Gasteiger partial charge on any atom is -0.481 e. The summed E-state index contributed by atoms with van der Waals surface area (Å²) in [5.41, 5.74) is -0.0362. The predicted molar refractivity (Wildman–Crippen MR) is 53.0 cm³/mol. The number of hydrogen-bond donors (Lipinski definition) is 1. The smallest absolute Gasteiger partial charge is 0.481 e. The standard InChI is InChI=1S/C9H9ClF3NO3/c1-16-8-2-7(17-9(11,12)13)5(3-10)6(4-15)14-8/h2,15H,3-4H2,1H3. The zero-order valence-corrected chi connectivity index (χ0v) is 9.47. The number of alkyl halides is 4. The van der Waals surface area contributed by atoms with E-state index < -0.39 is 18.7 Å². The lowest BCUT2D eigenvalue weighted by atomic mass is 10.2. The second-order valence-electron chi connectivity index (χ2n) is 2.93. The third-order valence-electron chi connectivity index (χ3n) is 1.86. The first-order valence-electron chi connectivity index (χ1n) is 4.40. The van der Waals surface area contributed by atoms with E-state index in [1.165, 1.54) is 7.11 Å². The highest BCUT2D eigenvalue weighted by Gasteiger charge is 2.33. The van der Waals surface area contributed by atoms with E-state index in [4.69, 9.17) is 21.4 Å². The molecule has 0 saturated heterocycles. The summed E-state index contributed by atoms with van der Waals surface area (Å²) in [6.07, 6.45) is -4.85. The quantitative estimate of drug-likeness (QED) is 0.853. The first-order chi connectivity index (χ1) is 7.91. The molecule has 8 heteroatoms. The van der Waals surface area contributed by atoms with Gasteiger partial charge in [-0.3, -0.25) is 0 Å². The lowest BCUT2D eigenvalue weighted by Gasteiger charge is -2.15. The lowest BCUT2D eigenvalue weighted by molar-refractivity contribution is -0.274. The number of hydrogen-bond acceptors (Lipinski definition) is 4. The van der Waals surface area contributed by atoms with Crippen LogP contribution in [0.2, 0.25) is 0 Å². The molecule has 0 aliphatic rings. The molecular weight excluding hydrogens is 263 g/mol. The van der Waals surface area contributed by atoms with Crippen LogP contribution in [0.4, 0.5) is 13.2 Å². The topological polar surface area (TPSA) is 51.6 Å². The van der Waals surface area contributed by atoms with Crippen LogP contribution in [-0.4, -0.2) is 23.6 Å². The van der Waals surface area contributed by atoms with Gasteiger partial charge in [-0.1, -0.05) is 0 Å². The molecule has 0 aromatic carbocycles. The number of pyridine rings is 1. The summed E-state index contributed by atoms with van der Waals surface area (Å²) < 4.78 is 44.9. The van der Waals surface area contributed by atoms with Crippen molar-refractivity contribution in [2.75, 3.05) is 7.11 Å². The molecular formula is C9H9ClF3NO3. The van der Waals surface area contributed by atoms with E-state index in [2.05, 4.69) is 9.72 Å². The van der Waals surface area contributed by atoms with Gasteiger partial charge in [-0.15, -0.1) is 24.8 Å². The number of ether oxygens (including phenoxy) is 2. The highest BCUT2D eigenvalue weighted by Crippen LogP contribution is 2.32. The molecule has 0 unspecified atom stereocenters. The Morgan fingerprint density at radius 1 is 1.47 bits per heavy atom. The van der Waals surface area contributed by atoms with Crippen LogP contribution in [0.3, 0.4) is 0 Å². The van der Waals surface area contributed by atoms with Gasteiger partial charge in [-0.05, 0) is 0 Å². The summed E-state index contributed by atoms with van der Waals surface area (Å²) in [6, 6.07) is 0.963. The first-order valence-corrected chi connectivity index (χ1v) is 4.94. The largest absolute Gasteiger partial charge is 0.573 e. The normalized spacial score (nSPS) is 11.4. The third-order valence-corrected chi connectivity index (χ3v) is 2.13. The molecule has 1 aromatic heterocycles. The Hall–Kier alpha value is -1.21. The molecule has 0 spiro atoms. The van der Waals surface area contributed by atoms with Gasteiger partial charge < -0.3 is 14.6 Å². The van der Waals surface area contributed by atoms with E-state index in [1.54, 1.807) is 0 Å². The number of aliphatic hydroxyl groups excluding tert-OH is 1. The van der Waals surface area contributed by atoms with E-state index in [0.717, 1.165) is 6.07 Å². The van der Waals surface area contributed by atoms with Crippen LogP contribution in [0, 0.1) is 0 Å². The summed E-state index contributed by atoms with van der Waals surface area (Å²) in [6.45, 7) is -0.562. The summed E-state index contributed by atoms with van der Waals surface area (Å²) in [5.74, 6) is -0.885. The Bertz CT molecular complexity index is 398. The van der Waals surface area contributed by atoms with Crippen LogP contribution in [0.5, 0.6) is 11.6 Å². The molecule has 0 saturated carbocycles. The SMILES string of the molecule is COc1cc(OC(F)(F)F)c(CCl)c(CO)n1. The minimum atomic E-state index is -4.85. The fraction of sp³-hybridized carbons (Fsp3) is 0.444. The molecule has 0 fully saturated rings. The Balaban J connectivity index is 3.24. The Morgan fingerprint density at radius 3 is 2.53 bits per heavy atom. The van der Waals surface area contributed by atoms with Gasteiger partial charge in [-0.25, -0.2) is 4.98 Å². The van der Waals surface area contributed by atoms with Crippen molar-refractivity contribution in [1.29, 1.82) is 0 Å². The fourth-order valence-electron chi connectivity index (χ4n) is 1.17. The zero-order valence-electron chi connectivity index (χ0n) is 8.71. The molecule has 1 heterocycles. The summed E-state index contributed by atoms with van der Waals surface area (Å²) in [5, 5.41) is 8.98. The van der Waals surface area contributed by atoms with Crippen LogP contribution < -0.4 is 9.47 Å². The first kappa shape index (κ1) is 13.9. The van der Waals surface area contributed by atoms with Crippen molar-refractivity contribution in [3.63, 3.8) is 0 Å². The highest BCUT2D eigenvalue weighted by atomic mass is 35.5. The van der Waals surface area contributed by atoms with Gasteiger partial charge in [0, 0.05) is 11.6 Å². The minimum absolute atomic E-state index is 0.0152. The van der Waals surface area contributed by atoms with Gasteiger partial charge in [0.05, 0.1) is 25.3 Å². The molecule has 0 radical (unpaired) electrons. The maximum atomic E-state index is 12.1. The van der Waals surface area contributed by atoms with Crippen molar-refractivity contribution in [3.05, 3.63) is 17.3 Å². The Labute approximate surface area is 99.9 Å². The average Bonchev–Trinajstić information content (AvgIpc) is 2.25. The summed E-state index contributed by atoms with van der Waals surface area (Å²) in [4.78, 5) is 3.77. The molecule has 1 rings (SSSR count). The van der Waals surface area contributed by atoms with E-state index in [1.807, 2.05) is 0 Å². The number of nitrogens with zero attached hydrogens (tertiary/aromatic N) is 1. The van der Waals surface area contributed by atoms with Crippen molar-refractivity contribution in [2.45, 2.75) is 18.8 Å². The maximum absolute atomic E-state index is 12.1. The van der Waals surface area contributed by atoms with Crippen molar-refractivity contribution in [1.82, 2.24) is 4.98 Å². The van der Waals surface area contributed by atoms with Crippen LogP contribution >= 0.6 is 11.6 Å². The maximum Gasteiger partial charge on any atom is 0.573 e. The van der Waals surface area contributed by atoms with Gasteiger partial charge in [0.1, 0.15) is 5.75 Å². The molecule has 0 aliphatic heterocycles. The Kier molecular flexibility index (Phi) is 4.41. The summed E-state index contributed by atoms with van der Waals surface area (Å²) in [7, 11) is 1.24. The molecule has 0 amide bonds. The van der Waals surface area contributed by atoms with E-state index in [9.17, 15) is 13.2 Å². The van der Waals surface area contributed by atoms with Crippen LogP contribution in [0.25, 0.3) is 0 Å². The lowest BCUT2D eigenvalue weighted by Crippen LogP contribution is -2.19. The molecule has 96 valence electrons. The van der Waals surface area contributed by atoms with Crippen LogP contribution in [-0.2, 0) is 12.5 Å². The number of aromatic nitrogens is 1. The molecule has 1 aromatic rings. The zero-order chi connectivity index (χ0) is 13.1. The van der Waals surface area contributed by atoms with Gasteiger partial charge in [0.15, 0.2) is 0 Å². The predicted octanol–water partition coefficient (Wildman–Crippen LogP) is 2.22. The van der Waals surface area contributed by atoms with Crippen molar-refractivity contribution < 1.29 is 27.8 Å². The number of aliphatic hydroxyl groups is 1. The monoisotopic (exact) mass is 271 g/mol. The van der Waals surface area contributed by atoms with Crippen LogP contribution in [0.15, 0.2) is 6.07 Å². The second-order valence-corrected chi connectivity index (χ2v) is 3.19. The van der Waals surface area contributed by atoms with Gasteiger partial charge in [0.2, 0.25) is 5.88 Å². The fourth-order valence-corrected chi connectivity index (χ4v) is 1.45. The number of rotatable bonds is 4. The van der Waals surface area contributed by atoms with E-state index >= 15 is 0 Å². The highest BCUT2D eigenvalue weighted by molar-refractivity contribution is 6.17. The molecule has 0 atom stereocenters. The van der Waals surface area contributed by atoms with Gasteiger partial charge in [-0.2, -0.15) is 0 Å². The number of methoxy groups -OCH3 is 1. The van der Waals surface area contributed by atoms with E-state index in [-0.39, 0.29) is 23.0 Å².